The molecule has 17 heavy (non-hydrogen) atoms. The topological polar surface area (TPSA) is 12.0 Å². The van der Waals surface area contributed by atoms with E-state index in [0.29, 0.717) is 6.04 Å². The third-order valence-corrected chi connectivity index (χ3v) is 3.51. The largest absolute Gasteiger partial charge is 0.310 e. The number of rotatable bonds is 7. The molecule has 0 aliphatic carbocycles. The van der Waals surface area contributed by atoms with Gasteiger partial charge in [0.25, 0.3) is 0 Å². The SMILES string of the molecule is C=CCCCC(NCC)c1ccc(Br)cc1Cl. The lowest BCUT2D eigenvalue weighted by Gasteiger charge is -2.19. The summed E-state index contributed by atoms with van der Waals surface area (Å²) in [7, 11) is 0. The van der Waals surface area contributed by atoms with E-state index in [-0.39, 0.29) is 0 Å². The molecule has 0 radical (unpaired) electrons. The fourth-order valence-electron chi connectivity index (χ4n) is 1.86. The first-order valence-corrected chi connectivity index (χ1v) is 7.15. The third-order valence-electron chi connectivity index (χ3n) is 2.69. The molecule has 0 aromatic heterocycles. The van der Waals surface area contributed by atoms with Gasteiger partial charge in [0.15, 0.2) is 0 Å². The van der Waals surface area contributed by atoms with Crippen molar-refractivity contribution < 1.29 is 0 Å². The van der Waals surface area contributed by atoms with E-state index in [1.165, 1.54) is 5.56 Å². The molecule has 1 nitrogen and oxygen atoms in total. The second kappa shape index (κ2) is 7.91. The molecule has 1 aromatic rings. The Balaban J connectivity index is 2.77. The van der Waals surface area contributed by atoms with Crippen LogP contribution < -0.4 is 5.32 Å². The van der Waals surface area contributed by atoms with Crippen molar-refractivity contribution in [3.05, 3.63) is 45.9 Å². The molecule has 1 aromatic carbocycles. The Hall–Kier alpha value is -0.310. The zero-order valence-electron chi connectivity index (χ0n) is 10.2. The highest BCUT2D eigenvalue weighted by Crippen LogP contribution is 2.29. The Kier molecular flexibility index (Phi) is 6.86. The van der Waals surface area contributed by atoms with Crippen molar-refractivity contribution in [2.75, 3.05) is 6.54 Å². The summed E-state index contributed by atoms with van der Waals surface area (Å²) >= 11 is 9.71. The fraction of sp³-hybridized carbons (Fsp3) is 0.429. The van der Waals surface area contributed by atoms with Gasteiger partial charge in [0.1, 0.15) is 0 Å². The Morgan fingerprint density at radius 2 is 2.29 bits per heavy atom. The van der Waals surface area contributed by atoms with Gasteiger partial charge in [-0.25, -0.2) is 0 Å². The summed E-state index contributed by atoms with van der Waals surface area (Å²) in [5, 5.41) is 4.31. The van der Waals surface area contributed by atoms with Crippen LogP contribution >= 0.6 is 27.5 Å². The van der Waals surface area contributed by atoms with Gasteiger partial charge in [-0.1, -0.05) is 46.6 Å². The predicted molar refractivity (Wildman–Crippen MR) is 79.6 cm³/mol. The minimum atomic E-state index is 0.334. The summed E-state index contributed by atoms with van der Waals surface area (Å²) in [6, 6.07) is 6.42. The zero-order valence-corrected chi connectivity index (χ0v) is 12.5. The van der Waals surface area contributed by atoms with Crippen LogP contribution in [-0.4, -0.2) is 6.54 Å². The van der Waals surface area contributed by atoms with Crippen molar-refractivity contribution >= 4 is 27.5 Å². The van der Waals surface area contributed by atoms with E-state index in [1.807, 2.05) is 18.2 Å². The van der Waals surface area contributed by atoms with Crippen molar-refractivity contribution in [3.8, 4) is 0 Å². The van der Waals surface area contributed by atoms with Gasteiger partial charge in [-0.15, -0.1) is 6.58 Å². The summed E-state index contributed by atoms with van der Waals surface area (Å²) in [6.07, 6.45) is 5.23. The zero-order chi connectivity index (χ0) is 12.7. The maximum absolute atomic E-state index is 6.28. The Morgan fingerprint density at radius 3 is 2.88 bits per heavy atom. The lowest BCUT2D eigenvalue weighted by atomic mass is 10.0. The Bertz CT molecular complexity index is 365. The summed E-state index contributed by atoms with van der Waals surface area (Å²) in [5.41, 5.74) is 1.18. The molecule has 0 saturated carbocycles. The summed E-state index contributed by atoms with van der Waals surface area (Å²) in [5.74, 6) is 0. The van der Waals surface area contributed by atoms with E-state index in [9.17, 15) is 0 Å². The second-order valence-corrected chi connectivity index (χ2v) is 5.32. The first-order valence-electron chi connectivity index (χ1n) is 5.98. The van der Waals surface area contributed by atoms with Crippen LogP contribution in [-0.2, 0) is 0 Å². The van der Waals surface area contributed by atoms with E-state index >= 15 is 0 Å². The standard InChI is InChI=1S/C14H19BrClN/c1-3-5-6-7-14(17-4-2)12-9-8-11(15)10-13(12)16/h3,8-10,14,17H,1,4-7H2,2H3. The molecule has 0 saturated heterocycles. The van der Waals surface area contributed by atoms with Gasteiger partial charge in [-0.3, -0.25) is 0 Å². The Labute approximate surface area is 117 Å². The van der Waals surface area contributed by atoms with Gasteiger partial charge in [-0.05, 0) is 43.5 Å². The molecule has 0 aliphatic heterocycles. The molecule has 94 valence electrons. The lowest BCUT2D eigenvalue weighted by Crippen LogP contribution is -2.21. The first kappa shape index (κ1) is 14.7. The molecule has 1 atom stereocenters. The van der Waals surface area contributed by atoms with Gasteiger partial charge < -0.3 is 5.32 Å². The molecule has 0 aliphatic rings. The number of hydrogen-bond acceptors (Lipinski definition) is 1. The van der Waals surface area contributed by atoms with Crippen LogP contribution in [0.5, 0.6) is 0 Å². The molecule has 1 N–H and O–H groups in total. The van der Waals surface area contributed by atoms with Crippen LogP contribution in [0, 0.1) is 0 Å². The van der Waals surface area contributed by atoms with Gasteiger partial charge in [0, 0.05) is 15.5 Å². The maximum Gasteiger partial charge on any atom is 0.0465 e. The average molecular weight is 317 g/mol. The quantitative estimate of drug-likeness (QED) is 0.544. The van der Waals surface area contributed by atoms with Crippen LogP contribution in [0.15, 0.2) is 35.3 Å². The number of unbranched alkanes of at least 4 members (excludes halogenated alkanes) is 1. The van der Waals surface area contributed by atoms with Gasteiger partial charge in [0.05, 0.1) is 0 Å². The van der Waals surface area contributed by atoms with Crippen molar-refractivity contribution in [2.24, 2.45) is 0 Å². The molecule has 1 unspecified atom stereocenters. The minimum Gasteiger partial charge on any atom is -0.310 e. The molecular formula is C14H19BrClN. The smallest absolute Gasteiger partial charge is 0.0465 e. The van der Waals surface area contributed by atoms with Crippen LogP contribution in [0.3, 0.4) is 0 Å². The second-order valence-electron chi connectivity index (χ2n) is 4.00. The van der Waals surface area contributed by atoms with E-state index in [1.54, 1.807) is 0 Å². The van der Waals surface area contributed by atoms with Gasteiger partial charge >= 0.3 is 0 Å². The van der Waals surface area contributed by atoms with Gasteiger partial charge in [-0.2, -0.15) is 0 Å². The van der Waals surface area contributed by atoms with Crippen LogP contribution in [0.25, 0.3) is 0 Å². The number of hydrogen-bond donors (Lipinski definition) is 1. The molecule has 0 heterocycles. The van der Waals surface area contributed by atoms with Crippen LogP contribution in [0.4, 0.5) is 0 Å². The number of nitrogens with one attached hydrogen (secondary N) is 1. The van der Waals surface area contributed by atoms with Crippen molar-refractivity contribution in [2.45, 2.75) is 32.2 Å². The molecule has 0 amide bonds. The summed E-state index contributed by atoms with van der Waals surface area (Å²) < 4.78 is 1.02. The minimum absolute atomic E-state index is 0.334. The highest BCUT2D eigenvalue weighted by molar-refractivity contribution is 9.10. The average Bonchev–Trinajstić information content (AvgIpc) is 2.28. The van der Waals surface area contributed by atoms with E-state index in [4.69, 9.17) is 11.6 Å². The molecule has 0 bridgehead atoms. The highest BCUT2D eigenvalue weighted by atomic mass is 79.9. The van der Waals surface area contributed by atoms with Crippen LogP contribution in [0.1, 0.15) is 37.8 Å². The van der Waals surface area contributed by atoms with E-state index in [2.05, 4.69) is 40.8 Å². The lowest BCUT2D eigenvalue weighted by molar-refractivity contribution is 0.500. The molecule has 0 fully saturated rings. The molecular weight excluding hydrogens is 298 g/mol. The number of benzene rings is 1. The maximum atomic E-state index is 6.28. The van der Waals surface area contributed by atoms with Crippen LogP contribution in [0.2, 0.25) is 5.02 Å². The molecule has 1 rings (SSSR count). The van der Waals surface area contributed by atoms with Gasteiger partial charge in [0.2, 0.25) is 0 Å². The normalized spacial score (nSPS) is 12.4. The fourth-order valence-corrected chi connectivity index (χ4v) is 2.67. The number of halogens is 2. The van der Waals surface area contributed by atoms with Crippen molar-refractivity contribution in [1.29, 1.82) is 0 Å². The highest BCUT2D eigenvalue weighted by Gasteiger charge is 2.13. The molecule has 0 spiro atoms. The number of allylic oxidation sites excluding steroid dienone is 1. The third kappa shape index (κ3) is 4.82. The van der Waals surface area contributed by atoms with Crippen molar-refractivity contribution in [3.63, 3.8) is 0 Å². The molecule has 3 heteroatoms. The summed E-state index contributed by atoms with van der Waals surface area (Å²) in [6.45, 7) is 6.82. The Morgan fingerprint density at radius 1 is 1.53 bits per heavy atom. The monoisotopic (exact) mass is 315 g/mol. The summed E-state index contributed by atoms with van der Waals surface area (Å²) in [4.78, 5) is 0. The first-order chi connectivity index (χ1) is 8.19. The van der Waals surface area contributed by atoms with E-state index in [0.717, 1.165) is 35.3 Å². The van der Waals surface area contributed by atoms with E-state index < -0.39 is 0 Å². The van der Waals surface area contributed by atoms with Crippen molar-refractivity contribution in [1.82, 2.24) is 5.32 Å². The predicted octanol–water partition coefficient (Wildman–Crippen LogP) is 5.11.